The molecule has 0 radical (unpaired) electrons. The Bertz CT molecular complexity index is 940. The van der Waals surface area contributed by atoms with E-state index in [0.717, 1.165) is 81.3 Å². The zero-order valence-electron chi connectivity index (χ0n) is 20.7. The van der Waals surface area contributed by atoms with E-state index in [1.54, 1.807) is 18.2 Å². The molecular weight excluding hydrogens is 433 g/mol. The maximum atomic E-state index is 14.9. The molecule has 0 aromatic heterocycles. The summed E-state index contributed by atoms with van der Waals surface area (Å²) in [6.07, 6.45) is 10.6. The van der Waals surface area contributed by atoms with Gasteiger partial charge >= 0.3 is 0 Å². The van der Waals surface area contributed by atoms with Gasteiger partial charge in [0.25, 0.3) is 0 Å². The minimum Gasteiger partial charge on any atom is -0.373 e. The molecule has 2 aliphatic rings. The van der Waals surface area contributed by atoms with E-state index in [1.165, 1.54) is 6.42 Å². The standard InChI is InChI=1S/C30H39F3O/c1-3-5-23-10-11-24(18-28(23)31)21-12-15-26(16-13-21)34-19-25-14-17-27(30(33)29(25)32)22-8-6-20(4-2)7-9-22/h10-11,14,17-18,20-22,26H,3-9,12-13,15-16,19H2,1-2H3. The second-order valence-corrected chi connectivity index (χ2v) is 10.5. The molecule has 0 N–H and O–H groups in total. The molecule has 2 aliphatic carbocycles. The lowest BCUT2D eigenvalue weighted by atomic mass is 9.77. The number of rotatable bonds is 8. The van der Waals surface area contributed by atoms with Gasteiger partial charge in [0.15, 0.2) is 11.6 Å². The van der Waals surface area contributed by atoms with Crippen LogP contribution in [0.1, 0.15) is 112 Å². The Kier molecular flexibility index (Phi) is 8.74. The molecule has 0 saturated heterocycles. The van der Waals surface area contributed by atoms with Gasteiger partial charge in [-0.05, 0) is 98.3 Å². The van der Waals surface area contributed by atoms with Gasteiger partial charge in [0.2, 0.25) is 0 Å². The molecule has 0 aliphatic heterocycles. The van der Waals surface area contributed by atoms with Crippen LogP contribution in [0.4, 0.5) is 13.2 Å². The Morgan fingerprint density at radius 1 is 0.765 bits per heavy atom. The molecule has 0 atom stereocenters. The average Bonchev–Trinajstić information content (AvgIpc) is 2.87. The molecule has 0 heterocycles. The van der Waals surface area contributed by atoms with Gasteiger partial charge in [-0.25, -0.2) is 13.2 Å². The van der Waals surface area contributed by atoms with Crippen LogP contribution in [-0.4, -0.2) is 6.10 Å². The average molecular weight is 473 g/mol. The highest BCUT2D eigenvalue weighted by Gasteiger charge is 2.27. The van der Waals surface area contributed by atoms with Gasteiger partial charge < -0.3 is 4.74 Å². The molecule has 4 heteroatoms. The first-order valence-corrected chi connectivity index (χ1v) is 13.4. The van der Waals surface area contributed by atoms with Crippen LogP contribution in [0.3, 0.4) is 0 Å². The number of aryl methyl sites for hydroxylation is 1. The third-order valence-electron chi connectivity index (χ3n) is 8.27. The van der Waals surface area contributed by atoms with Gasteiger partial charge in [-0.2, -0.15) is 0 Å². The van der Waals surface area contributed by atoms with Crippen LogP contribution in [0.25, 0.3) is 0 Å². The van der Waals surface area contributed by atoms with Crippen molar-refractivity contribution < 1.29 is 17.9 Å². The number of ether oxygens (including phenoxy) is 1. The topological polar surface area (TPSA) is 9.23 Å². The van der Waals surface area contributed by atoms with E-state index in [4.69, 9.17) is 4.74 Å². The first kappa shape index (κ1) is 25.3. The van der Waals surface area contributed by atoms with Crippen molar-refractivity contribution in [1.29, 1.82) is 0 Å². The third kappa shape index (κ3) is 5.87. The Hall–Kier alpha value is -1.81. The molecule has 2 aromatic rings. The summed E-state index contributed by atoms with van der Waals surface area (Å²) < 4.78 is 50.0. The van der Waals surface area contributed by atoms with E-state index >= 15 is 0 Å². The highest BCUT2D eigenvalue weighted by molar-refractivity contribution is 5.29. The fourth-order valence-electron chi connectivity index (χ4n) is 5.97. The molecule has 4 rings (SSSR count). The quantitative estimate of drug-likeness (QED) is 0.372. The SMILES string of the molecule is CCCc1ccc(C2CCC(OCc3ccc(C4CCC(CC)CC4)c(F)c3F)CC2)cc1F. The van der Waals surface area contributed by atoms with Crippen LogP contribution in [0.15, 0.2) is 30.3 Å². The summed E-state index contributed by atoms with van der Waals surface area (Å²) in [6, 6.07) is 9.18. The van der Waals surface area contributed by atoms with Crippen LogP contribution in [0.2, 0.25) is 0 Å². The number of hydrogen-bond donors (Lipinski definition) is 0. The molecule has 0 amide bonds. The van der Waals surface area contributed by atoms with Crippen molar-refractivity contribution in [3.63, 3.8) is 0 Å². The predicted octanol–water partition coefficient (Wildman–Crippen LogP) is 8.98. The first-order chi connectivity index (χ1) is 16.5. The maximum Gasteiger partial charge on any atom is 0.164 e. The van der Waals surface area contributed by atoms with Crippen molar-refractivity contribution in [2.75, 3.05) is 0 Å². The summed E-state index contributed by atoms with van der Waals surface area (Å²) in [5.41, 5.74) is 2.69. The minimum atomic E-state index is -0.744. The predicted molar refractivity (Wildman–Crippen MR) is 132 cm³/mol. The Morgan fingerprint density at radius 3 is 2.09 bits per heavy atom. The summed E-state index contributed by atoms with van der Waals surface area (Å²) >= 11 is 0. The van der Waals surface area contributed by atoms with Gasteiger partial charge in [-0.1, -0.05) is 51.0 Å². The summed E-state index contributed by atoms with van der Waals surface area (Å²) in [7, 11) is 0. The Morgan fingerprint density at radius 2 is 1.44 bits per heavy atom. The minimum absolute atomic E-state index is 0.0342. The second kappa shape index (κ2) is 11.7. The van der Waals surface area contributed by atoms with Gasteiger partial charge in [0.1, 0.15) is 5.82 Å². The van der Waals surface area contributed by atoms with Gasteiger partial charge in [-0.3, -0.25) is 0 Å². The molecule has 186 valence electrons. The number of halogens is 3. The van der Waals surface area contributed by atoms with Crippen molar-refractivity contribution in [2.45, 2.75) is 109 Å². The summed E-state index contributed by atoms with van der Waals surface area (Å²) in [6.45, 7) is 4.36. The zero-order chi connectivity index (χ0) is 24.1. The van der Waals surface area contributed by atoms with Crippen molar-refractivity contribution in [2.24, 2.45) is 5.92 Å². The first-order valence-electron chi connectivity index (χ1n) is 13.4. The fourth-order valence-corrected chi connectivity index (χ4v) is 5.97. The third-order valence-corrected chi connectivity index (χ3v) is 8.27. The van der Waals surface area contributed by atoms with Gasteiger partial charge in [0.05, 0.1) is 12.7 Å². The van der Waals surface area contributed by atoms with Crippen molar-refractivity contribution in [3.8, 4) is 0 Å². The lowest BCUT2D eigenvalue weighted by Gasteiger charge is -2.29. The number of benzene rings is 2. The van der Waals surface area contributed by atoms with Gasteiger partial charge in [-0.15, -0.1) is 0 Å². The highest BCUT2D eigenvalue weighted by Crippen LogP contribution is 2.39. The van der Waals surface area contributed by atoms with Crippen molar-refractivity contribution in [1.82, 2.24) is 0 Å². The van der Waals surface area contributed by atoms with Crippen molar-refractivity contribution >= 4 is 0 Å². The Labute approximate surface area is 203 Å². The molecule has 0 spiro atoms. The lowest BCUT2D eigenvalue weighted by molar-refractivity contribution is 0.0118. The monoisotopic (exact) mass is 472 g/mol. The van der Waals surface area contributed by atoms with Gasteiger partial charge in [0, 0.05) is 5.56 Å². The summed E-state index contributed by atoms with van der Waals surface area (Å²) in [5, 5.41) is 0. The van der Waals surface area contributed by atoms with Crippen molar-refractivity contribution in [3.05, 3.63) is 70.0 Å². The summed E-state index contributed by atoms with van der Waals surface area (Å²) in [4.78, 5) is 0. The van der Waals surface area contributed by atoms with E-state index in [0.29, 0.717) is 17.0 Å². The Balaban J connectivity index is 1.29. The van der Waals surface area contributed by atoms with Crippen LogP contribution in [-0.2, 0) is 17.8 Å². The van der Waals surface area contributed by atoms with Crippen LogP contribution in [0, 0.1) is 23.4 Å². The lowest BCUT2D eigenvalue weighted by Crippen LogP contribution is -2.21. The van der Waals surface area contributed by atoms with E-state index in [9.17, 15) is 13.2 Å². The van der Waals surface area contributed by atoms with E-state index in [1.807, 2.05) is 6.07 Å². The molecule has 2 saturated carbocycles. The largest absolute Gasteiger partial charge is 0.373 e. The molecule has 1 nitrogen and oxygen atoms in total. The second-order valence-electron chi connectivity index (χ2n) is 10.5. The van der Waals surface area contributed by atoms with E-state index in [-0.39, 0.29) is 24.4 Å². The van der Waals surface area contributed by atoms with Crippen LogP contribution in [0.5, 0.6) is 0 Å². The molecule has 0 unspecified atom stereocenters. The smallest absolute Gasteiger partial charge is 0.164 e. The van der Waals surface area contributed by atoms with E-state index < -0.39 is 11.6 Å². The zero-order valence-corrected chi connectivity index (χ0v) is 20.7. The fraction of sp³-hybridized carbons (Fsp3) is 0.600. The van der Waals surface area contributed by atoms with E-state index in [2.05, 4.69) is 19.9 Å². The highest BCUT2D eigenvalue weighted by atomic mass is 19.2. The molecule has 2 aromatic carbocycles. The van der Waals surface area contributed by atoms with Crippen LogP contribution < -0.4 is 0 Å². The molecule has 0 bridgehead atoms. The maximum absolute atomic E-state index is 14.9. The molecule has 2 fully saturated rings. The van der Waals surface area contributed by atoms with Crippen LogP contribution >= 0.6 is 0 Å². The number of hydrogen-bond acceptors (Lipinski definition) is 1. The summed E-state index contributed by atoms with van der Waals surface area (Å²) in [5.74, 6) is -0.335. The normalized spacial score (nSPS) is 25.4. The molecule has 34 heavy (non-hydrogen) atoms. The molecular formula is C30H39F3O.